The molecule has 0 unspecified atom stereocenters. The SMILES string of the molecule is CCc1nc2ncc(C)c(C(=O)O)n2n1. The van der Waals surface area contributed by atoms with Gasteiger partial charge in [0, 0.05) is 18.2 Å². The predicted octanol–water partition coefficient (Wildman–Crippen LogP) is 0.693. The van der Waals surface area contributed by atoms with Gasteiger partial charge in [0.2, 0.25) is 0 Å². The van der Waals surface area contributed by atoms with Crippen LogP contribution < -0.4 is 0 Å². The zero-order valence-corrected chi connectivity index (χ0v) is 8.43. The summed E-state index contributed by atoms with van der Waals surface area (Å²) in [5.74, 6) is -0.0992. The third-order valence-corrected chi connectivity index (χ3v) is 2.11. The van der Waals surface area contributed by atoms with Crippen LogP contribution in [0, 0.1) is 6.92 Å². The van der Waals surface area contributed by atoms with E-state index in [1.165, 1.54) is 10.7 Å². The summed E-state index contributed by atoms with van der Waals surface area (Å²) in [5.41, 5.74) is 0.690. The second-order valence-corrected chi connectivity index (χ2v) is 3.19. The predicted molar refractivity (Wildman–Crippen MR) is 51.9 cm³/mol. The number of rotatable bonds is 2. The van der Waals surface area contributed by atoms with Crippen molar-refractivity contribution in [2.75, 3.05) is 0 Å². The molecule has 0 radical (unpaired) electrons. The third-order valence-electron chi connectivity index (χ3n) is 2.11. The fourth-order valence-electron chi connectivity index (χ4n) is 1.37. The van der Waals surface area contributed by atoms with Gasteiger partial charge in [0.15, 0.2) is 11.5 Å². The topological polar surface area (TPSA) is 80.4 Å². The van der Waals surface area contributed by atoms with Gasteiger partial charge in [-0.2, -0.15) is 9.50 Å². The van der Waals surface area contributed by atoms with Crippen molar-refractivity contribution in [3.63, 3.8) is 0 Å². The first-order valence-electron chi connectivity index (χ1n) is 4.58. The van der Waals surface area contributed by atoms with E-state index in [0.29, 0.717) is 23.6 Å². The standard InChI is InChI=1S/C9H10N4O2/c1-3-6-11-9-10-4-5(2)7(8(14)15)13(9)12-6/h4H,3H2,1-2H3,(H,14,15). The summed E-state index contributed by atoms with van der Waals surface area (Å²) < 4.78 is 1.27. The van der Waals surface area contributed by atoms with Crippen LogP contribution in [0.5, 0.6) is 0 Å². The van der Waals surface area contributed by atoms with Crippen molar-refractivity contribution in [3.05, 3.63) is 23.3 Å². The van der Waals surface area contributed by atoms with Crippen LogP contribution in [0.3, 0.4) is 0 Å². The van der Waals surface area contributed by atoms with Gasteiger partial charge in [-0.25, -0.2) is 9.78 Å². The lowest BCUT2D eigenvalue weighted by Gasteiger charge is -2.00. The van der Waals surface area contributed by atoms with Gasteiger partial charge in [-0.05, 0) is 6.92 Å². The molecule has 0 atom stereocenters. The first kappa shape index (κ1) is 9.57. The lowest BCUT2D eigenvalue weighted by Crippen LogP contribution is -2.10. The van der Waals surface area contributed by atoms with Crippen molar-refractivity contribution in [2.24, 2.45) is 0 Å². The summed E-state index contributed by atoms with van der Waals surface area (Å²) in [6.45, 7) is 3.59. The molecule has 0 bridgehead atoms. The molecule has 0 amide bonds. The maximum absolute atomic E-state index is 11.0. The molecule has 0 saturated heterocycles. The molecule has 0 aliphatic heterocycles. The van der Waals surface area contributed by atoms with Gasteiger partial charge in [0.25, 0.3) is 5.78 Å². The van der Waals surface area contributed by atoms with Crippen molar-refractivity contribution < 1.29 is 9.90 Å². The van der Waals surface area contributed by atoms with E-state index in [9.17, 15) is 4.79 Å². The minimum Gasteiger partial charge on any atom is -0.476 e. The van der Waals surface area contributed by atoms with Crippen LogP contribution in [0.4, 0.5) is 0 Å². The molecule has 0 fully saturated rings. The molecule has 0 aliphatic carbocycles. The minimum absolute atomic E-state index is 0.118. The average molecular weight is 206 g/mol. The van der Waals surface area contributed by atoms with Gasteiger partial charge in [0.05, 0.1) is 0 Å². The van der Waals surface area contributed by atoms with E-state index in [4.69, 9.17) is 5.11 Å². The monoisotopic (exact) mass is 206 g/mol. The fourth-order valence-corrected chi connectivity index (χ4v) is 1.37. The van der Waals surface area contributed by atoms with E-state index in [1.807, 2.05) is 6.92 Å². The quantitative estimate of drug-likeness (QED) is 0.782. The number of aryl methyl sites for hydroxylation is 2. The van der Waals surface area contributed by atoms with Crippen LogP contribution in [-0.2, 0) is 6.42 Å². The van der Waals surface area contributed by atoms with E-state index in [-0.39, 0.29) is 5.69 Å². The summed E-state index contributed by atoms with van der Waals surface area (Å²) in [6.07, 6.45) is 2.15. The molecule has 15 heavy (non-hydrogen) atoms. The summed E-state index contributed by atoms with van der Waals surface area (Å²) in [6, 6.07) is 0. The maximum Gasteiger partial charge on any atom is 0.355 e. The van der Waals surface area contributed by atoms with Gasteiger partial charge in [0.1, 0.15) is 0 Å². The van der Waals surface area contributed by atoms with E-state index >= 15 is 0 Å². The van der Waals surface area contributed by atoms with E-state index in [0.717, 1.165) is 0 Å². The highest BCUT2D eigenvalue weighted by molar-refractivity contribution is 5.87. The number of hydrogen-bond acceptors (Lipinski definition) is 4. The van der Waals surface area contributed by atoms with Crippen LogP contribution >= 0.6 is 0 Å². The van der Waals surface area contributed by atoms with Gasteiger partial charge in [-0.1, -0.05) is 6.92 Å². The first-order chi connectivity index (χ1) is 7.13. The molecular weight excluding hydrogens is 196 g/mol. The number of fused-ring (bicyclic) bond motifs is 1. The van der Waals surface area contributed by atoms with Crippen molar-refractivity contribution in [2.45, 2.75) is 20.3 Å². The Morgan fingerprint density at radius 1 is 1.60 bits per heavy atom. The first-order valence-corrected chi connectivity index (χ1v) is 4.58. The molecule has 0 aliphatic rings. The summed E-state index contributed by atoms with van der Waals surface area (Å²) in [4.78, 5) is 19.1. The molecule has 2 heterocycles. The van der Waals surface area contributed by atoms with Crippen LogP contribution in [-0.4, -0.2) is 30.7 Å². The third kappa shape index (κ3) is 1.43. The largest absolute Gasteiger partial charge is 0.476 e. The molecule has 2 aromatic rings. The van der Waals surface area contributed by atoms with Crippen molar-refractivity contribution in [3.8, 4) is 0 Å². The Kier molecular flexibility index (Phi) is 2.11. The molecule has 0 saturated carbocycles. The number of carboxylic acid groups (broad SMARTS) is 1. The Morgan fingerprint density at radius 3 is 2.93 bits per heavy atom. The van der Waals surface area contributed by atoms with E-state index in [1.54, 1.807) is 6.92 Å². The Labute approximate surface area is 85.6 Å². The summed E-state index contributed by atoms with van der Waals surface area (Å²) >= 11 is 0. The minimum atomic E-state index is -1.02. The number of carboxylic acids is 1. The Bertz CT molecular complexity index is 532. The summed E-state index contributed by atoms with van der Waals surface area (Å²) in [5, 5.41) is 13.1. The zero-order chi connectivity index (χ0) is 11.0. The molecule has 2 rings (SSSR count). The lowest BCUT2D eigenvalue weighted by molar-refractivity contribution is 0.0686. The zero-order valence-electron chi connectivity index (χ0n) is 8.43. The molecule has 78 valence electrons. The van der Waals surface area contributed by atoms with Gasteiger partial charge in [-0.15, -0.1) is 5.10 Å². The van der Waals surface area contributed by atoms with Gasteiger partial charge < -0.3 is 5.11 Å². The van der Waals surface area contributed by atoms with Crippen LogP contribution in [0.15, 0.2) is 6.20 Å². The molecule has 0 spiro atoms. The van der Waals surface area contributed by atoms with Crippen molar-refractivity contribution in [1.82, 2.24) is 19.6 Å². The number of aromatic nitrogens is 4. The number of nitrogens with zero attached hydrogens (tertiary/aromatic N) is 4. The number of carbonyl (C=O) groups is 1. The maximum atomic E-state index is 11.0. The highest BCUT2D eigenvalue weighted by atomic mass is 16.4. The average Bonchev–Trinajstić information content (AvgIpc) is 2.59. The number of hydrogen-bond donors (Lipinski definition) is 1. The fraction of sp³-hybridized carbons (Fsp3) is 0.333. The lowest BCUT2D eigenvalue weighted by atomic mass is 10.2. The smallest absolute Gasteiger partial charge is 0.355 e. The Morgan fingerprint density at radius 2 is 2.33 bits per heavy atom. The highest BCUT2D eigenvalue weighted by Crippen LogP contribution is 2.08. The van der Waals surface area contributed by atoms with E-state index in [2.05, 4.69) is 15.1 Å². The van der Waals surface area contributed by atoms with Crippen molar-refractivity contribution in [1.29, 1.82) is 0 Å². The molecule has 1 N–H and O–H groups in total. The molecular formula is C9H10N4O2. The highest BCUT2D eigenvalue weighted by Gasteiger charge is 2.15. The molecule has 6 nitrogen and oxygen atoms in total. The normalized spacial score (nSPS) is 10.8. The van der Waals surface area contributed by atoms with Crippen molar-refractivity contribution >= 4 is 11.7 Å². The van der Waals surface area contributed by atoms with Crippen LogP contribution in [0.1, 0.15) is 28.8 Å². The summed E-state index contributed by atoms with van der Waals surface area (Å²) in [7, 11) is 0. The van der Waals surface area contributed by atoms with Gasteiger partial charge in [-0.3, -0.25) is 0 Å². The van der Waals surface area contributed by atoms with Crippen LogP contribution in [0.2, 0.25) is 0 Å². The Balaban J connectivity index is 2.80. The van der Waals surface area contributed by atoms with Gasteiger partial charge >= 0.3 is 5.97 Å². The second kappa shape index (κ2) is 3.30. The molecule has 6 heteroatoms. The second-order valence-electron chi connectivity index (χ2n) is 3.19. The van der Waals surface area contributed by atoms with E-state index < -0.39 is 5.97 Å². The number of aromatic carboxylic acids is 1. The molecule has 0 aromatic carbocycles. The van der Waals surface area contributed by atoms with Crippen LogP contribution in [0.25, 0.3) is 5.78 Å². The molecule has 2 aromatic heterocycles. The Hall–Kier alpha value is -1.98.